The van der Waals surface area contributed by atoms with E-state index < -0.39 is 119 Å². The molecule has 9 atom stereocenters. The molecule has 0 radical (unpaired) electrons. The van der Waals surface area contributed by atoms with Crippen molar-refractivity contribution in [1.29, 1.82) is 0 Å². The van der Waals surface area contributed by atoms with E-state index in [2.05, 4.69) is 20.6 Å². The maximum Gasteiger partial charge on any atom is 0.410 e. The number of likely N-dealkylation sites (N-methyl/N-ethyl adjacent to an activating group) is 2. The van der Waals surface area contributed by atoms with Gasteiger partial charge in [-0.1, -0.05) is 13.8 Å². The van der Waals surface area contributed by atoms with Crippen molar-refractivity contribution in [2.45, 2.75) is 187 Å². The van der Waals surface area contributed by atoms with Gasteiger partial charge in [0, 0.05) is 74.7 Å². The molecule has 0 bridgehead atoms. The Balaban J connectivity index is 1.38. The summed E-state index contributed by atoms with van der Waals surface area (Å²) >= 11 is 0. The summed E-state index contributed by atoms with van der Waals surface area (Å²) in [5.41, 5.74) is 1.40. The van der Waals surface area contributed by atoms with Gasteiger partial charge in [0.2, 0.25) is 17.7 Å². The van der Waals surface area contributed by atoms with Crippen LogP contribution in [0.25, 0.3) is 33.2 Å². The Kier molecular flexibility index (Phi) is 19.0. The summed E-state index contributed by atoms with van der Waals surface area (Å²) in [6.07, 6.45) is -3.16. The fraction of sp³-hybridized carbons (Fsp3) is 0.589. The first-order valence-corrected chi connectivity index (χ1v) is 26.6. The van der Waals surface area contributed by atoms with Crippen molar-refractivity contribution >= 4 is 63.7 Å². The largest absolute Gasteiger partial charge is 0.461 e. The number of aromatic nitrogens is 2. The molecule has 2 aliphatic heterocycles. The summed E-state index contributed by atoms with van der Waals surface area (Å²) in [5, 5.41) is 18.4. The Bertz CT molecular complexity index is 2880. The number of benzene rings is 2. The number of hydrogen-bond donors (Lipinski definition) is 5. The third kappa shape index (κ3) is 14.5. The molecule has 4 heterocycles. The van der Waals surface area contributed by atoms with Crippen molar-refractivity contribution < 1.29 is 66.4 Å². The number of rotatable bonds is 18. The summed E-state index contributed by atoms with van der Waals surface area (Å²) in [4.78, 5) is 106. The zero-order chi connectivity index (χ0) is 57.9. The van der Waals surface area contributed by atoms with E-state index in [-0.39, 0.29) is 51.6 Å². The number of nitrogens with zero attached hydrogens (tertiary/aromatic N) is 4. The molecular formula is C56H78F2N8O12. The average Bonchev–Trinajstić information content (AvgIpc) is 4.21. The van der Waals surface area contributed by atoms with Crippen LogP contribution in [0.4, 0.5) is 18.4 Å². The molecular weight excluding hydrogens is 1010 g/mol. The van der Waals surface area contributed by atoms with Gasteiger partial charge in [0.25, 0.3) is 0 Å². The van der Waals surface area contributed by atoms with Crippen molar-refractivity contribution in [1.82, 2.24) is 40.2 Å². The van der Waals surface area contributed by atoms with Crippen LogP contribution in [0.2, 0.25) is 0 Å². The first-order chi connectivity index (χ1) is 36.4. The molecule has 78 heavy (non-hydrogen) atoms. The molecule has 5 amide bonds. The fourth-order valence-corrected chi connectivity index (χ4v) is 10.2. The molecule has 0 aliphatic carbocycles. The first kappa shape index (κ1) is 60.4. The maximum absolute atomic E-state index is 15.2. The van der Waals surface area contributed by atoms with Gasteiger partial charge in [-0.15, -0.1) is 0 Å². The van der Waals surface area contributed by atoms with Gasteiger partial charge in [-0.05, 0) is 129 Å². The van der Waals surface area contributed by atoms with Crippen molar-refractivity contribution in [2.24, 2.45) is 0 Å². The summed E-state index contributed by atoms with van der Waals surface area (Å²) in [6.45, 7) is 19.5. The topological polar surface area (TPSA) is 245 Å². The highest BCUT2D eigenvalue weighted by atomic mass is 19.1. The lowest BCUT2D eigenvalue weighted by molar-refractivity contribution is -0.147. The van der Waals surface area contributed by atoms with Crippen molar-refractivity contribution in [3.05, 3.63) is 59.2 Å². The van der Waals surface area contributed by atoms with Gasteiger partial charge in [-0.25, -0.2) is 18.4 Å². The van der Waals surface area contributed by atoms with Crippen LogP contribution in [0.3, 0.4) is 0 Å². The van der Waals surface area contributed by atoms with Crippen LogP contribution in [0, 0.1) is 11.6 Å². The van der Waals surface area contributed by atoms with Gasteiger partial charge in [0.1, 0.15) is 53.4 Å². The average molecular weight is 1090 g/mol. The van der Waals surface area contributed by atoms with Crippen LogP contribution in [-0.2, 0) is 55.8 Å². The zero-order valence-corrected chi connectivity index (χ0v) is 47.3. The predicted molar refractivity (Wildman–Crippen MR) is 287 cm³/mol. The van der Waals surface area contributed by atoms with Crippen LogP contribution >= 0.6 is 0 Å². The first-order valence-electron chi connectivity index (χ1n) is 26.6. The lowest BCUT2D eigenvalue weighted by atomic mass is 9.94. The van der Waals surface area contributed by atoms with Crippen molar-refractivity contribution in [3.8, 4) is 11.4 Å². The number of hydrogen-bond acceptors (Lipinski definition) is 13. The molecule has 0 saturated carbocycles. The number of esters is 2. The van der Waals surface area contributed by atoms with Gasteiger partial charge in [-0.3, -0.25) is 34.2 Å². The van der Waals surface area contributed by atoms with Crippen molar-refractivity contribution in [3.63, 3.8) is 0 Å². The minimum Gasteiger partial charge on any atom is -0.461 e. The third-order valence-electron chi connectivity index (χ3n) is 14.3. The number of fused-ring (bicyclic) bond motifs is 2. The Morgan fingerprint density at radius 3 is 1.50 bits per heavy atom. The molecule has 9 unspecified atom stereocenters. The van der Waals surface area contributed by atoms with E-state index in [9.17, 15) is 38.7 Å². The smallest absolute Gasteiger partial charge is 0.410 e. The van der Waals surface area contributed by atoms with Crippen LogP contribution in [0.15, 0.2) is 36.4 Å². The van der Waals surface area contributed by atoms with E-state index in [4.69, 9.17) is 18.9 Å². The molecule has 5 N–H and O–H groups in total. The number of nitrogens with one attached hydrogen (secondary N) is 4. The van der Waals surface area contributed by atoms with E-state index in [1.54, 1.807) is 84.2 Å². The summed E-state index contributed by atoms with van der Waals surface area (Å²) < 4.78 is 52.8. The third-order valence-corrected chi connectivity index (χ3v) is 14.3. The molecule has 428 valence electrons. The molecule has 2 aromatic heterocycles. The van der Waals surface area contributed by atoms with E-state index in [0.29, 0.717) is 44.3 Å². The molecule has 2 fully saturated rings. The summed E-state index contributed by atoms with van der Waals surface area (Å²) in [7, 11) is 2.91. The molecule has 2 saturated heterocycles. The quantitative estimate of drug-likeness (QED) is 0.0390. The number of carbonyl (C=O) groups is 7. The number of ether oxygens (including phenoxy) is 4. The highest BCUT2D eigenvalue weighted by molar-refractivity contribution is 5.97. The molecule has 4 aromatic rings. The lowest BCUT2D eigenvalue weighted by Crippen LogP contribution is -2.57. The van der Waals surface area contributed by atoms with E-state index in [1.807, 2.05) is 0 Å². The minimum absolute atomic E-state index is 0.00885. The number of aliphatic hydroxyl groups is 1. The molecule has 2 aromatic carbocycles. The second-order valence-electron chi connectivity index (χ2n) is 22.6. The molecule has 6 rings (SSSR count). The fourth-order valence-electron chi connectivity index (χ4n) is 10.2. The van der Waals surface area contributed by atoms with Crippen molar-refractivity contribution in [2.75, 3.05) is 27.2 Å². The monoisotopic (exact) mass is 1090 g/mol. The summed E-state index contributed by atoms with van der Waals surface area (Å²) in [6, 6.07) is 3.37. The van der Waals surface area contributed by atoms with Gasteiger partial charge in [0.15, 0.2) is 0 Å². The van der Waals surface area contributed by atoms with Gasteiger partial charge >= 0.3 is 24.1 Å². The van der Waals surface area contributed by atoms with Crippen LogP contribution in [0.5, 0.6) is 0 Å². The highest BCUT2D eigenvalue weighted by Crippen LogP contribution is 2.40. The number of carbonyl (C=O) groups excluding carboxylic acids is 7. The van der Waals surface area contributed by atoms with Gasteiger partial charge in [-0.2, -0.15) is 0 Å². The Hall–Kier alpha value is -6.81. The van der Waals surface area contributed by atoms with E-state index in [1.165, 1.54) is 64.0 Å². The van der Waals surface area contributed by atoms with E-state index >= 15 is 8.78 Å². The highest BCUT2D eigenvalue weighted by Gasteiger charge is 2.43. The predicted octanol–water partition coefficient (Wildman–Crippen LogP) is 6.84. The number of likely N-dealkylation sites (tertiary alicyclic amines) is 2. The standard InChI is InChI=1S/C56H78F2N8O12/c1-15-43(61-49(69)29(3)63(13)53(73)77-55(7,8)9)51(71)65-27-37(75-31(5)67)23-35(65)25-41-39-19-17-33(57)21-45(39)59-47(41)48-42(40-20-18-34(58)22-46(40)60-48)26-36-24-38(76-32(6)68)28-66(36)52(72)44(16-2)62-50(70)30(4)64(14)54(74)78-56(10,11)12/h17-22,29-30,35-38,43-44,49,59-61,69H,15-16,23-28H2,1-14H3,(H,62,70). The molecule has 22 heteroatoms. The number of halogens is 2. The SMILES string of the molecule is CCC(NC(=O)C(C)N(C)C(=O)OC(C)(C)C)C(=O)N1CC(OC(C)=O)CC1Cc1c(-c2[nH]c3cc(F)ccc3c2CC2CC(OC(C)=O)CN2C(=O)C(CC)NC(O)C(C)N(C)C(=O)OC(C)(C)C)[nH]c2cc(F)ccc12. The normalized spacial score (nSPS) is 19.7. The number of aromatic amines is 2. The summed E-state index contributed by atoms with van der Waals surface area (Å²) in [5.74, 6) is -3.64. The lowest BCUT2D eigenvalue weighted by Gasteiger charge is -2.34. The Morgan fingerprint density at radius 1 is 0.692 bits per heavy atom. The van der Waals surface area contributed by atoms with Crippen LogP contribution in [0.1, 0.15) is 120 Å². The zero-order valence-electron chi connectivity index (χ0n) is 47.3. The second kappa shape index (κ2) is 24.5. The van der Waals surface area contributed by atoms with E-state index in [0.717, 1.165) is 4.90 Å². The molecule has 2 aliphatic rings. The van der Waals surface area contributed by atoms with Gasteiger partial charge in [0.05, 0.1) is 36.6 Å². The number of amides is 5. The molecule has 0 spiro atoms. The Morgan fingerprint density at radius 2 is 1.10 bits per heavy atom. The Labute approximate surface area is 454 Å². The number of aliphatic hydroxyl groups excluding tert-OH is 1. The van der Waals surface area contributed by atoms with Gasteiger partial charge < -0.3 is 54.0 Å². The minimum atomic E-state index is -1.37. The number of H-pyrrole nitrogens is 2. The van der Waals surface area contributed by atoms with Crippen LogP contribution < -0.4 is 10.6 Å². The molecule has 20 nitrogen and oxygen atoms in total. The maximum atomic E-state index is 15.2. The second-order valence-corrected chi connectivity index (χ2v) is 22.6. The van der Waals surface area contributed by atoms with Crippen LogP contribution in [-0.4, -0.2) is 170 Å².